The molecule has 0 aliphatic heterocycles. The topological polar surface area (TPSA) is 90.0 Å². The van der Waals surface area contributed by atoms with Crippen molar-refractivity contribution in [3.05, 3.63) is 61.9 Å². The van der Waals surface area contributed by atoms with Gasteiger partial charge in [0, 0.05) is 10.9 Å². The highest BCUT2D eigenvalue weighted by Gasteiger charge is 2.20. The molecule has 0 fully saturated rings. The number of nitrogens with zero attached hydrogens (tertiary/aromatic N) is 3. The van der Waals surface area contributed by atoms with Crippen LogP contribution in [0.4, 0.5) is 5.88 Å². The lowest BCUT2D eigenvalue weighted by Gasteiger charge is -2.15. The summed E-state index contributed by atoms with van der Waals surface area (Å²) in [5, 5.41) is 7.56. The summed E-state index contributed by atoms with van der Waals surface area (Å²) < 4.78 is 6.67. The highest BCUT2D eigenvalue weighted by atomic mass is 32.2. The fourth-order valence-electron chi connectivity index (χ4n) is 3.29. The number of fused-ring (bicyclic) bond motifs is 1. The molecule has 9 heteroatoms. The lowest BCUT2D eigenvalue weighted by molar-refractivity contribution is -0.113. The van der Waals surface area contributed by atoms with Crippen LogP contribution < -0.4 is 10.9 Å². The van der Waals surface area contributed by atoms with E-state index in [-0.39, 0.29) is 17.2 Å². The first-order valence-electron chi connectivity index (χ1n) is 9.71. The molecule has 3 heterocycles. The molecule has 0 spiro atoms. The molecule has 31 heavy (non-hydrogen) atoms. The fraction of sp³-hybridized carbons (Fsp3) is 0.273. The van der Waals surface area contributed by atoms with E-state index in [1.807, 2.05) is 45.9 Å². The summed E-state index contributed by atoms with van der Waals surface area (Å²) in [7, 11) is 0. The second-order valence-electron chi connectivity index (χ2n) is 7.39. The molecule has 160 valence electrons. The van der Waals surface area contributed by atoms with Gasteiger partial charge >= 0.3 is 0 Å². The van der Waals surface area contributed by atoms with E-state index in [9.17, 15) is 9.59 Å². The third kappa shape index (κ3) is 4.03. The van der Waals surface area contributed by atoms with Gasteiger partial charge in [-0.3, -0.25) is 19.5 Å². The van der Waals surface area contributed by atoms with E-state index in [4.69, 9.17) is 9.51 Å². The van der Waals surface area contributed by atoms with Gasteiger partial charge in [0.15, 0.2) is 5.16 Å². The van der Waals surface area contributed by atoms with E-state index in [1.165, 1.54) is 23.1 Å². The van der Waals surface area contributed by atoms with Gasteiger partial charge in [-0.15, -0.1) is 11.3 Å². The van der Waals surface area contributed by atoms with Crippen molar-refractivity contribution in [2.75, 3.05) is 11.1 Å². The lowest BCUT2D eigenvalue weighted by Crippen LogP contribution is -2.23. The molecule has 0 unspecified atom stereocenters. The summed E-state index contributed by atoms with van der Waals surface area (Å²) in [4.78, 5) is 32.5. The Bertz CT molecular complexity index is 1370. The zero-order chi connectivity index (χ0) is 22.3. The average molecular weight is 455 g/mol. The maximum Gasteiger partial charge on any atom is 0.267 e. The summed E-state index contributed by atoms with van der Waals surface area (Å²) in [5.41, 5.74) is 4.37. The summed E-state index contributed by atoms with van der Waals surface area (Å²) in [6.45, 7) is 9.71. The van der Waals surface area contributed by atoms with Crippen LogP contribution in [0.15, 0.2) is 38.7 Å². The number of thiophene rings is 1. The van der Waals surface area contributed by atoms with Gasteiger partial charge in [0.05, 0.1) is 22.5 Å². The SMILES string of the molecule is Cc1cc(NC(=O)CSc2nc3sc(C)c(C)c3c(=O)n2-c2cccc(C)c2C)on1. The van der Waals surface area contributed by atoms with E-state index < -0.39 is 0 Å². The number of anilines is 1. The van der Waals surface area contributed by atoms with Gasteiger partial charge in [0.25, 0.3) is 5.56 Å². The quantitative estimate of drug-likeness (QED) is 0.347. The van der Waals surface area contributed by atoms with Crippen molar-refractivity contribution in [2.45, 2.75) is 39.8 Å². The first kappa shape index (κ1) is 21.3. The van der Waals surface area contributed by atoms with Crippen molar-refractivity contribution in [2.24, 2.45) is 0 Å². The van der Waals surface area contributed by atoms with Crippen LogP contribution in [0.3, 0.4) is 0 Å². The third-order valence-corrected chi connectivity index (χ3v) is 7.25. The van der Waals surface area contributed by atoms with Crippen molar-refractivity contribution in [1.82, 2.24) is 14.7 Å². The van der Waals surface area contributed by atoms with E-state index in [1.54, 1.807) is 17.6 Å². The number of thioether (sulfide) groups is 1. The Morgan fingerprint density at radius 3 is 2.68 bits per heavy atom. The second-order valence-corrected chi connectivity index (χ2v) is 9.53. The maximum absolute atomic E-state index is 13.6. The number of carbonyl (C=O) groups is 1. The zero-order valence-electron chi connectivity index (χ0n) is 17.9. The second kappa shape index (κ2) is 8.32. The first-order valence-corrected chi connectivity index (χ1v) is 11.5. The van der Waals surface area contributed by atoms with Gasteiger partial charge in [0.2, 0.25) is 11.8 Å². The Kier molecular flexibility index (Phi) is 5.72. The highest BCUT2D eigenvalue weighted by Crippen LogP contribution is 2.30. The number of aromatic nitrogens is 3. The summed E-state index contributed by atoms with van der Waals surface area (Å²) >= 11 is 2.72. The smallest absolute Gasteiger partial charge is 0.267 e. The molecule has 0 bridgehead atoms. The van der Waals surface area contributed by atoms with Crippen LogP contribution >= 0.6 is 23.1 Å². The molecule has 1 aromatic carbocycles. The Morgan fingerprint density at radius 1 is 1.19 bits per heavy atom. The molecular weight excluding hydrogens is 432 g/mol. The minimum atomic E-state index is -0.262. The van der Waals surface area contributed by atoms with Crippen LogP contribution in [0.2, 0.25) is 0 Å². The van der Waals surface area contributed by atoms with Gasteiger partial charge < -0.3 is 4.52 Å². The molecule has 7 nitrogen and oxygen atoms in total. The number of hydrogen-bond donors (Lipinski definition) is 1. The van der Waals surface area contributed by atoms with Crippen molar-refractivity contribution in [3.63, 3.8) is 0 Å². The molecule has 0 aliphatic carbocycles. The van der Waals surface area contributed by atoms with Crippen molar-refractivity contribution in [1.29, 1.82) is 0 Å². The highest BCUT2D eigenvalue weighted by molar-refractivity contribution is 7.99. The van der Waals surface area contributed by atoms with E-state index >= 15 is 0 Å². The minimum absolute atomic E-state index is 0.0753. The normalized spacial score (nSPS) is 11.3. The molecular formula is C22H22N4O3S2. The van der Waals surface area contributed by atoms with Crippen molar-refractivity contribution < 1.29 is 9.32 Å². The van der Waals surface area contributed by atoms with Crippen LogP contribution in [-0.4, -0.2) is 26.4 Å². The molecule has 0 radical (unpaired) electrons. The fourth-order valence-corrected chi connectivity index (χ4v) is 5.16. The van der Waals surface area contributed by atoms with Gasteiger partial charge in [-0.1, -0.05) is 29.1 Å². The number of carbonyl (C=O) groups excluding carboxylic acids is 1. The van der Waals surface area contributed by atoms with Gasteiger partial charge in [0.1, 0.15) is 4.83 Å². The van der Waals surface area contributed by atoms with Crippen LogP contribution in [-0.2, 0) is 4.79 Å². The number of nitrogens with one attached hydrogen (secondary N) is 1. The first-order chi connectivity index (χ1) is 14.8. The molecule has 1 amide bonds. The van der Waals surface area contributed by atoms with Crippen molar-refractivity contribution >= 4 is 45.1 Å². The maximum atomic E-state index is 13.6. The summed E-state index contributed by atoms with van der Waals surface area (Å²) in [6, 6.07) is 7.49. The molecule has 0 atom stereocenters. The Balaban J connectivity index is 1.77. The number of benzene rings is 1. The molecule has 1 N–H and O–H groups in total. The molecule has 0 aliphatic rings. The van der Waals surface area contributed by atoms with Crippen LogP contribution in [0.5, 0.6) is 0 Å². The monoisotopic (exact) mass is 454 g/mol. The average Bonchev–Trinajstić information content (AvgIpc) is 3.25. The molecule has 0 saturated heterocycles. The number of amides is 1. The molecule has 0 saturated carbocycles. The number of aryl methyl sites for hydroxylation is 4. The zero-order valence-corrected chi connectivity index (χ0v) is 19.5. The lowest BCUT2D eigenvalue weighted by atomic mass is 10.1. The molecule has 4 aromatic rings. The Labute approximate surface area is 187 Å². The van der Waals surface area contributed by atoms with Crippen molar-refractivity contribution in [3.8, 4) is 5.69 Å². The van der Waals surface area contributed by atoms with Crippen LogP contribution in [0.1, 0.15) is 27.3 Å². The van der Waals surface area contributed by atoms with E-state index in [0.29, 0.717) is 27.0 Å². The third-order valence-electron chi connectivity index (χ3n) is 5.21. The minimum Gasteiger partial charge on any atom is -0.338 e. The predicted octanol–water partition coefficient (Wildman–Crippen LogP) is 4.71. The molecule has 4 rings (SSSR count). The van der Waals surface area contributed by atoms with Gasteiger partial charge in [-0.25, -0.2) is 4.98 Å². The summed E-state index contributed by atoms with van der Waals surface area (Å²) in [5.74, 6) is 0.107. The number of hydrogen-bond acceptors (Lipinski definition) is 7. The Morgan fingerprint density at radius 2 is 1.97 bits per heavy atom. The number of rotatable bonds is 5. The van der Waals surface area contributed by atoms with E-state index in [0.717, 1.165) is 27.3 Å². The predicted molar refractivity (Wildman–Crippen MR) is 125 cm³/mol. The largest absolute Gasteiger partial charge is 0.338 e. The standard InChI is InChI=1S/C22H22N4O3S2/c1-11-7-6-8-16(13(11)3)26-21(28)19-14(4)15(5)31-20(19)24-22(26)30-10-17(27)23-18-9-12(2)25-29-18/h6-9H,10H2,1-5H3,(H,23,27). The van der Waals surface area contributed by atoms with Crippen LogP contribution in [0, 0.1) is 34.6 Å². The Hall–Kier alpha value is -2.91. The van der Waals surface area contributed by atoms with E-state index in [2.05, 4.69) is 10.5 Å². The molecule has 3 aromatic heterocycles. The van der Waals surface area contributed by atoms with Gasteiger partial charge in [-0.2, -0.15) is 0 Å². The summed E-state index contributed by atoms with van der Waals surface area (Å²) in [6.07, 6.45) is 0. The van der Waals surface area contributed by atoms with Gasteiger partial charge in [-0.05, 0) is 57.4 Å². The van der Waals surface area contributed by atoms with Crippen LogP contribution in [0.25, 0.3) is 15.9 Å².